The maximum Gasteiger partial charge on any atom is 0.295 e. The summed E-state index contributed by atoms with van der Waals surface area (Å²) < 4.78 is 10.8. The summed E-state index contributed by atoms with van der Waals surface area (Å²) in [4.78, 5) is 28.0. The minimum Gasteiger partial charge on any atom is -0.507 e. The van der Waals surface area contributed by atoms with Crippen LogP contribution in [-0.4, -0.2) is 48.6 Å². The van der Waals surface area contributed by atoms with Crippen molar-refractivity contribution in [3.05, 3.63) is 57.3 Å². The van der Waals surface area contributed by atoms with Crippen LogP contribution in [0, 0.1) is 6.92 Å². The first-order valence-corrected chi connectivity index (χ1v) is 10.4. The second-order valence-electron chi connectivity index (χ2n) is 6.83. The van der Waals surface area contributed by atoms with Crippen LogP contribution in [0.4, 0.5) is 0 Å². The summed E-state index contributed by atoms with van der Waals surface area (Å²) in [6.45, 7) is 5.06. The van der Waals surface area contributed by atoms with E-state index in [0.717, 1.165) is 16.9 Å². The number of likely N-dealkylation sites (tertiary alicyclic amines) is 1. The fourth-order valence-corrected chi connectivity index (χ4v) is 4.39. The Balaban J connectivity index is 2.10. The molecule has 2 aromatic rings. The fourth-order valence-electron chi connectivity index (χ4n) is 3.35. The maximum atomic E-state index is 12.9. The number of aryl methyl sites for hydroxylation is 1. The van der Waals surface area contributed by atoms with Gasteiger partial charge in [0.15, 0.2) is 0 Å². The maximum absolute atomic E-state index is 12.9. The number of ether oxygens (including phenoxy) is 2. The molecule has 154 valence electrons. The molecule has 1 aliphatic heterocycles. The number of nitrogens with zero attached hydrogens (tertiary/aromatic N) is 1. The number of ketones is 1. The minimum absolute atomic E-state index is 0.101. The van der Waals surface area contributed by atoms with Crippen molar-refractivity contribution in [2.24, 2.45) is 0 Å². The van der Waals surface area contributed by atoms with Gasteiger partial charge in [-0.25, -0.2) is 0 Å². The summed E-state index contributed by atoms with van der Waals surface area (Å²) in [6, 6.07) is 8.25. The van der Waals surface area contributed by atoms with Crippen LogP contribution in [0.15, 0.2) is 41.3 Å². The summed E-state index contributed by atoms with van der Waals surface area (Å²) >= 11 is 1.46. The van der Waals surface area contributed by atoms with Crippen LogP contribution in [0.3, 0.4) is 0 Å². The zero-order chi connectivity index (χ0) is 21.0. The van der Waals surface area contributed by atoms with Gasteiger partial charge in [-0.1, -0.05) is 19.1 Å². The lowest BCUT2D eigenvalue weighted by atomic mass is 9.98. The van der Waals surface area contributed by atoms with Crippen LogP contribution in [0.5, 0.6) is 5.75 Å². The molecule has 0 aliphatic carbocycles. The zero-order valence-corrected chi connectivity index (χ0v) is 17.6. The number of hydrogen-bond donors (Lipinski definition) is 1. The Labute approximate surface area is 174 Å². The predicted octanol–water partition coefficient (Wildman–Crippen LogP) is 3.91. The van der Waals surface area contributed by atoms with Crippen LogP contribution in [0.2, 0.25) is 0 Å². The highest BCUT2D eigenvalue weighted by atomic mass is 32.1. The molecule has 1 atom stereocenters. The van der Waals surface area contributed by atoms with Crippen molar-refractivity contribution in [3.8, 4) is 5.75 Å². The zero-order valence-electron chi connectivity index (χ0n) is 16.8. The van der Waals surface area contributed by atoms with Crippen molar-refractivity contribution in [2.75, 3.05) is 26.9 Å². The van der Waals surface area contributed by atoms with Gasteiger partial charge in [0, 0.05) is 24.1 Å². The molecule has 29 heavy (non-hydrogen) atoms. The van der Waals surface area contributed by atoms with Crippen LogP contribution in [0.1, 0.15) is 35.4 Å². The molecule has 2 heterocycles. The molecule has 0 radical (unpaired) electrons. The molecule has 1 N–H and O–H groups in total. The van der Waals surface area contributed by atoms with Gasteiger partial charge in [-0.2, -0.15) is 0 Å². The third-order valence-electron chi connectivity index (χ3n) is 4.81. The van der Waals surface area contributed by atoms with E-state index in [4.69, 9.17) is 9.47 Å². The molecule has 0 saturated carbocycles. The Kier molecular flexibility index (Phi) is 6.71. The van der Waals surface area contributed by atoms with Crippen molar-refractivity contribution in [1.82, 2.24) is 4.90 Å². The number of methoxy groups -OCH3 is 1. The molecule has 1 unspecified atom stereocenters. The lowest BCUT2D eigenvalue weighted by Crippen LogP contribution is -2.32. The number of carbonyl (C=O) groups is 2. The van der Waals surface area contributed by atoms with Crippen LogP contribution >= 0.6 is 11.3 Å². The number of carbonyl (C=O) groups excluding carboxylic acids is 2. The van der Waals surface area contributed by atoms with E-state index in [2.05, 4.69) is 0 Å². The molecular formula is C22H25NO5S. The van der Waals surface area contributed by atoms with E-state index in [1.165, 1.54) is 16.2 Å². The number of aliphatic hydroxyl groups is 1. The van der Waals surface area contributed by atoms with Crippen LogP contribution in [-0.2, 0) is 14.3 Å². The first-order valence-electron chi connectivity index (χ1n) is 9.54. The molecule has 3 rings (SSSR count). The number of aliphatic hydroxyl groups excluding tert-OH is 1. The molecule has 6 nitrogen and oxygen atoms in total. The number of benzene rings is 1. The summed E-state index contributed by atoms with van der Waals surface area (Å²) in [5.74, 6) is -0.896. The minimum atomic E-state index is -0.684. The molecule has 0 spiro atoms. The number of hydrogen-bond acceptors (Lipinski definition) is 6. The molecule has 1 aromatic heterocycles. The third kappa shape index (κ3) is 4.21. The summed E-state index contributed by atoms with van der Waals surface area (Å²) in [5.41, 5.74) is 1.52. The van der Waals surface area contributed by atoms with Gasteiger partial charge in [0.2, 0.25) is 0 Å². The van der Waals surface area contributed by atoms with E-state index in [1.54, 1.807) is 31.4 Å². The van der Waals surface area contributed by atoms with Gasteiger partial charge in [-0.15, -0.1) is 11.3 Å². The molecule has 1 aromatic carbocycles. The number of thiophene rings is 1. The normalized spacial score (nSPS) is 18.4. The first kappa shape index (κ1) is 21.1. The van der Waals surface area contributed by atoms with Gasteiger partial charge in [0.25, 0.3) is 11.7 Å². The van der Waals surface area contributed by atoms with Crippen molar-refractivity contribution in [1.29, 1.82) is 0 Å². The van der Waals surface area contributed by atoms with E-state index in [-0.39, 0.29) is 17.9 Å². The monoisotopic (exact) mass is 415 g/mol. The molecule has 0 bridgehead atoms. The molecule has 1 aliphatic rings. The van der Waals surface area contributed by atoms with E-state index in [1.807, 2.05) is 25.3 Å². The average molecular weight is 416 g/mol. The van der Waals surface area contributed by atoms with E-state index in [0.29, 0.717) is 24.5 Å². The van der Waals surface area contributed by atoms with Crippen LogP contribution in [0.25, 0.3) is 5.76 Å². The summed E-state index contributed by atoms with van der Waals surface area (Å²) in [6.07, 6.45) is 0.860. The van der Waals surface area contributed by atoms with E-state index in [9.17, 15) is 14.7 Å². The standard InChI is InChI=1S/C22H25NO5S/c1-4-10-28-16-7-5-6-15(13-16)19(24)17-18(21-14(2)8-12-29-21)23(9-11-27-3)22(26)20(17)25/h5-8,12-13,18,24H,4,9-11H2,1-3H3/b19-17-. The lowest BCUT2D eigenvalue weighted by Gasteiger charge is -2.24. The summed E-state index contributed by atoms with van der Waals surface area (Å²) in [5, 5.41) is 13.0. The number of Topliss-reactive ketones (excluding diaryl/α,β-unsaturated/α-hetero) is 1. The second kappa shape index (κ2) is 9.24. The number of amides is 1. The highest BCUT2D eigenvalue weighted by molar-refractivity contribution is 7.10. The third-order valence-corrected chi connectivity index (χ3v) is 5.88. The van der Waals surface area contributed by atoms with Gasteiger partial charge in [0.05, 0.1) is 24.8 Å². The Hall–Kier alpha value is -2.64. The first-order chi connectivity index (χ1) is 14.0. The van der Waals surface area contributed by atoms with Crippen molar-refractivity contribution in [3.63, 3.8) is 0 Å². The molecule has 1 amide bonds. The second-order valence-corrected chi connectivity index (χ2v) is 7.78. The van der Waals surface area contributed by atoms with E-state index < -0.39 is 17.7 Å². The number of rotatable bonds is 8. The van der Waals surface area contributed by atoms with Gasteiger partial charge in [0.1, 0.15) is 11.5 Å². The SMILES string of the molecule is CCCOc1cccc(/C(O)=C2/C(=O)C(=O)N(CCOC)C2c2sccc2C)c1. The molecule has 1 saturated heterocycles. The molecule has 7 heteroatoms. The van der Waals surface area contributed by atoms with Gasteiger partial charge in [-0.3, -0.25) is 9.59 Å². The highest BCUT2D eigenvalue weighted by Crippen LogP contribution is 2.42. The smallest absolute Gasteiger partial charge is 0.295 e. The largest absolute Gasteiger partial charge is 0.507 e. The fraction of sp³-hybridized carbons (Fsp3) is 0.364. The predicted molar refractivity (Wildman–Crippen MR) is 112 cm³/mol. The average Bonchev–Trinajstić information content (AvgIpc) is 3.25. The lowest BCUT2D eigenvalue weighted by molar-refractivity contribution is -0.140. The van der Waals surface area contributed by atoms with Gasteiger partial charge >= 0.3 is 0 Å². The van der Waals surface area contributed by atoms with Crippen molar-refractivity contribution in [2.45, 2.75) is 26.3 Å². The Bertz CT molecular complexity index is 933. The Morgan fingerprint density at radius 2 is 2.03 bits per heavy atom. The molecular weight excluding hydrogens is 390 g/mol. The highest BCUT2D eigenvalue weighted by Gasteiger charge is 2.46. The van der Waals surface area contributed by atoms with E-state index >= 15 is 0 Å². The van der Waals surface area contributed by atoms with Crippen molar-refractivity contribution >= 4 is 28.8 Å². The Morgan fingerprint density at radius 3 is 2.69 bits per heavy atom. The van der Waals surface area contributed by atoms with Gasteiger partial charge in [-0.05, 0) is 42.5 Å². The topological polar surface area (TPSA) is 76.1 Å². The summed E-state index contributed by atoms with van der Waals surface area (Å²) in [7, 11) is 1.55. The molecule has 1 fully saturated rings. The van der Waals surface area contributed by atoms with Crippen molar-refractivity contribution < 1.29 is 24.2 Å². The Morgan fingerprint density at radius 1 is 1.24 bits per heavy atom. The quantitative estimate of drug-likeness (QED) is 0.402. The van der Waals surface area contributed by atoms with Crippen LogP contribution < -0.4 is 4.74 Å². The van der Waals surface area contributed by atoms with Gasteiger partial charge < -0.3 is 19.5 Å².